The van der Waals surface area contributed by atoms with Gasteiger partial charge in [0, 0.05) is 5.56 Å². The van der Waals surface area contributed by atoms with E-state index in [-0.39, 0.29) is 6.61 Å². The first kappa shape index (κ1) is 24.7. The number of nitrogens with one attached hydrogen (secondary N) is 1. The average Bonchev–Trinajstić information content (AvgIpc) is 2.79. The first-order valence-electron chi connectivity index (χ1n) is 10.9. The summed E-state index contributed by atoms with van der Waals surface area (Å²) in [6.45, 7) is 2.29. The molecular formula is C24H29NO7S. The molecule has 1 N–H and O–H groups in total. The molecule has 1 saturated carbocycles. The van der Waals surface area contributed by atoms with Gasteiger partial charge in [0.1, 0.15) is 12.4 Å². The van der Waals surface area contributed by atoms with E-state index in [2.05, 4.69) is 5.32 Å². The second kappa shape index (κ2) is 11.3. The van der Waals surface area contributed by atoms with Crippen LogP contribution in [0.2, 0.25) is 0 Å². The molecule has 0 aliphatic heterocycles. The van der Waals surface area contributed by atoms with Crippen molar-refractivity contribution < 1.29 is 31.7 Å². The molecule has 0 aromatic heterocycles. The van der Waals surface area contributed by atoms with Gasteiger partial charge in [-0.1, -0.05) is 30.3 Å². The third-order valence-corrected chi connectivity index (χ3v) is 5.98. The molecule has 33 heavy (non-hydrogen) atoms. The van der Waals surface area contributed by atoms with Crippen molar-refractivity contribution in [2.75, 3.05) is 12.9 Å². The van der Waals surface area contributed by atoms with Crippen LogP contribution >= 0.6 is 0 Å². The molecule has 1 unspecified atom stereocenters. The monoisotopic (exact) mass is 475 g/mol. The van der Waals surface area contributed by atoms with Crippen LogP contribution in [-0.2, 0) is 30.4 Å². The van der Waals surface area contributed by atoms with Crippen LogP contribution in [0.3, 0.4) is 0 Å². The number of carbonyl (C=O) groups excluding carboxylic acids is 2. The molecule has 9 heteroatoms. The number of amides is 1. The molecule has 1 amide bonds. The molecule has 0 spiro atoms. The summed E-state index contributed by atoms with van der Waals surface area (Å²) in [4.78, 5) is 25.4. The molecule has 178 valence electrons. The summed E-state index contributed by atoms with van der Waals surface area (Å²) >= 11 is 0. The van der Waals surface area contributed by atoms with Gasteiger partial charge in [0.15, 0.2) is 0 Å². The molecule has 8 nitrogen and oxygen atoms in total. The minimum Gasteiger partial charge on any atom is -0.489 e. The minimum absolute atomic E-state index is 0.193. The molecule has 1 aliphatic rings. The molecule has 0 heterocycles. The predicted octanol–water partition coefficient (Wildman–Crippen LogP) is 3.07. The molecule has 2 aromatic carbocycles. The summed E-state index contributed by atoms with van der Waals surface area (Å²) in [5.41, 5.74) is 1.38. The highest BCUT2D eigenvalue weighted by atomic mass is 32.2. The average molecular weight is 476 g/mol. The fourth-order valence-corrected chi connectivity index (χ4v) is 4.54. The molecule has 3 rings (SSSR count). The standard InChI is InChI=1S/C24H29NO7S/c1-3-30-24(27)20-10-7-11-21(32-33(2,28)29)22(20)25-23(26)18-12-14-19(15-13-18)31-16-17-8-5-4-6-9-17/h4-6,8-9,12-15,20-22H,3,7,10-11,16H2,1-2H3,(H,25,26)/t20-,21+,22?/m0/s1. The largest absolute Gasteiger partial charge is 0.489 e. The lowest BCUT2D eigenvalue weighted by Crippen LogP contribution is -2.54. The van der Waals surface area contributed by atoms with E-state index in [1.807, 2.05) is 30.3 Å². The smallest absolute Gasteiger partial charge is 0.311 e. The van der Waals surface area contributed by atoms with Crippen LogP contribution in [0.15, 0.2) is 54.6 Å². The SMILES string of the molecule is CCOC(=O)[C@H]1CCC[C@@H](OS(C)(=O)=O)C1NC(=O)c1ccc(OCc2ccccc2)cc1. The Hall–Kier alpha value is -2.91. The van der Waals surface area contributed by atoms with Crippen LogP contribution in [0.1, 0.15) is 42.1 Å². The topological polar surface area (TPSA) is 108 Å². The zero-order chi connectivity index (χ0) is 23.8. The Kier molecular flexibility index (Phi) is 8.46. The fraction of sp³-hybridized carbons (Fsp3) is 0.417. The highest BCUT2D eigenvalue weighted by Gasteiger charge is 2.41. The van der Waals surface area contributed by atoms with E-state index in [1.165, 1.54) is 0 Å². The summed E-state index contributed by atoms with van der Waals surface area (Å²) < 4.78 is 39.6. The van der Waals surface area contributed by atoms with Gasteiger partial charge in [-0.2, -0.15) is 8.42 Å². The van der Waals surface area contributed by atoms with Crippen molar-refractivity contribution in [2.24, 2.45) is 5.92 Å². The number of hydrogen-bond acceptors (Lipinski definition) is 7. The summed E-state index contributed by atoms with van der Waals surface area (Å²) in [5, 5.41) is 2.80. The molecule has 0 bridgehead atoms. The Morgan fingerprint density at radius 2 is 1.73 bits per heavy atom. The number of esters is 1. The van der Waals surface area contributed by atoms with Gasteiger partial charge >= 0.3 is 5.97 Å². The van der Waals surface area contributed by atoms with Crippen LogP contribution in [0.5, 0.6) is 5.75 Å². The van der Waals surface area contributed by atoms with Crippen LogP contribution < -0.4 is 10.1 Å². The maximum Gasteiger partial charge on any atom is 0.311 e. The van der Waals surface area contributed by atoms with Gasteiger partial charge in [-0.15, -0.1) is 0 Å². The number of benzene rings is 2. The van der Waals surface area contributed by atoms with Crippen LogP contribution in [0, 0.1) is 5.92 Å². The summed E-state index contributed by atoms with van der Waals surface area (Å²) in [7, 11) is -3.77. The minimum atomic E-state index is -3.77. The van der Waals surface area contributed by atoms with E-state index in [0.717, 1.165) is 11.8 Å². The molecule has 0 radical (unpaired) electrons. The lowest BCUT2D eigenvalue weighted by molar-refractivity contribution is -0.151. The quantitative estimate of drug-likeness (QED) is 0.439. The summed E-state index contributed by atoms with van der Waals surface area (Å²) in [6, 6.07) is 15.5. The zero-order valence-corrected chi connectivity index (χ0v) is 19.5. The normalized spacial score (nSPS) is 20.6. The predicted molar refractivity (Wildman–Crippen MR) is 122 cm³/mol. The molecule has 3 atom stereocenters. The Balaban J connectivity index is 1.70. The van der Waals surface area contributed by atoms with Crippen molar-refractivity contribution in [1.29, 1.82) is 0 Å². The van der Waals surface area contributed by atoms with Crippen molar-refractivity contribution >= 4 is 22.0 Å². The third kappa shape index (κ3) is 7.30. The van der Waals surface area contributed by atoms with E-state index in [1.54, 1.807) is 31.2 Å². The zero-order valence-electron chi connectivity index (χ0n) is 18.7. The van der Waals surface area contributed by atoms with Gasteiger partial charge in [0.25, 0.3) is 16.0 Å². The van der Waals surface area contributed by atoms with Gasteiger partial charge in [-0.05, 0) is 56.0 Å². The summed E-state index contributed by atoms with van der Waals surface area (Å²) in [6.07, 6.45) is 1.57. The summed E-state index contributed by atoms with van der Waals surface area (Å²) in [5.74, 6) is -0.999. The Bertz CT molecular complexity index is 1040. The Morgan fingerprint density at radius 3 is 2.36 bits per heavy atom. The van der Waals surface area contributed by atoms with Crippen molar-refractivity contribution in [3.8, 4) is 5.75 Å². The van der Waals surface area contributed by atoms with Crippen LogP contribution in [0.4, 0.5) is 0 Å². The molecule has 0 saturated heterocycles. The van der Waals surface area contributed by atoms with E-state index >= 15 is 0 Å². The van der Waals surface area contributed by atoms with Crippen LogP contribution in [-0.4, -0.2) is 45.3 Å². The highest BCUT2D eigenvalue weighted by Crippen LogP contribution is 2.29. The third-order valence-electron chi connectivity index (χ3n) is 5.39. The van der Waals surface area contributed by atoms with E-state index in [4.69, 9.17) is 13.7 Å². The second-order valence-corrected chi connectivity index (χ2v) is 9.53. The highest BCUT2D eigenvalue weighted by molar-refractivity contribution is 7.86. The lowest BCUT2D eigenvalue weighted by atomic mass is 9.82. The molecule has 1 fully saturated rings. The van der Waals surface area contributed by atoms with E-state index in [9.17, 15) is 18.0 Å². The number of ether oxygens (including phenoxy) is 2. The Morgan fingerprint density at radius 1 is 1.03 bits per heavy atom. The number of hydrogen-bond donors (Lipinski definition) is 1. The first-order valence-corrected chi connectivity index (χ1v) is 12.7. The maximum atomic E-state index is 12.9. The molecule has 2 aromatic rings. The fourth-order valence-electron chi connectivity index (χ4n) is 3.88. The second-order valence-electron chi connectivity index (χ2n) is 7.93. The van der Waals surface area contributed by atoms with Gasteiger partial charge in [0.2, 0.25) is 0 Å². The maximum absolute atomic E-state index is 12.9. The molecule has 1 aliphatic carbocycles. The van der Waals surface area contributed by atoms with Gasteiger partial charge in [-0.25, -0.2) is 0 Å². The van der Waals surface area contributed by atoms with E-state index < -0.39 is 40.1 Å². The van der Waals surface area contributed by atoms with Crippen molar-refractivity contribution in [3.05, 3.63) is 65.7 Å². The first-order chi connectivity index (χ1) is 15.8. The van der Waals surface area contributed by atoms with Crippen molar-refractivity contribution in [2.45, 2.75) is 44.9 Å². The Labute approximate surface area is 194 Å². The number of carbonyl (C=O) groups is 2. The van der Waals surface area contributed by atoms with Crippen molar-refractivity contribution in [3.63, 3.8) is 0 Å². The van der Waals surface area contributed by atoms with Gasteiger partial charge < -0.3 is 14.8 Å². The lowest BCUT2D eigenvalue weighted by Gasteiger charge is -2.36. The van der Waals surface area contributed by atoms with Gasteiger partial charge in [0.05, 0.1) is 30.9 Å². The number of rotatable bonds is 9. The molecular weight excluding hydrogens is 446 g/mol. The van der Waals surface area contributed by atoms with Crippen molar-refractivity contribution in [1.82, 2.24) is 5.32 Å². The van der Waals surface area contributed by atoms with Crippen LogP contribution in [0.25, 0.3) is 0 Å². The van der Waals surface area contributed by atoms with Gasteiger partial charge in [-0.3, -0.25) is 13.8 Å². The van der Waals surface area contributed by atoms with E-state index in [0.29, 0.717) is 37.2 Å².